The minimum absolute atomic E-state index is 0.0130. The largest absolute Gasteiger partial charge is 0.383 e. The zero-order valence-electron chi connectivity index (χ0n) is 35.0. The molecule has 8 N–H and O–H groups in total. The molecular formula is C46H42FN9O9S. The van der Waals surface area contributed by atoms with Gasteiger partial charge in [0, 0.05) is 65.8 Å². The summed E-state index contributed by atoms with van der Waals surface area (Å²) in [6, 6.07) is 19.9. The van der Waals surface area contributed by atoms with Gasteiger partial charge in [0.2, 0.25) is 23.6 Å². The van der Waals surface area contributed by atoms with Crippen molar-refractivity contribution in [2.45, 2.75) is 49.5 Å². The molecule has 0 radical (unpaired) electrons. The van der Waals surface area contributed by atoms with E-state index in [1.807, 2.05) is 6.07 Å². The molecule has 3 aliphatic heterocycles. The van der Waals surface area contributed by atoms with Crippen molar-refractivity contribution in [3.8, 4) is 22.3 Å². The van der Waals surface area contributed by atoms with Gasteiger partial charge in [-0.05, 0) is 91.4 Å². The molecule has 1 fully saturated rings. The number of halogens is 1. The fraction of sp³-hybridized carbons (Fsp3) is 0.217. The van der Waals surface area contributed by atoms with Gasteiger partial charge in [-0.15, -0.1) is 0 Å². The highest BCUT2D eigenvalue weighted by molar-refractivity contribution is 7.92. The van der Waals surface area contributed by atoms with Crippen LogP contribution in [0.1, 0.15) is 68.7 Å². The molecule has 7 amide bonds. The molecule has 1 aromatic heterocycles. The molecule has 8 rings (SSSR count). The average Bonchev–Trinajstić information content (AvgIpc) is 3.54. The Bertz CT molecular complexity index is 2980. The summed E-state index contributed by atoms with van der Waals surface area (Å²) in [4.78, 5) is 92.7. The van der Waals surface area contributed by atoms with E-state index in [0.717, 1.165) is 16.5 Å². The van der Waals surface area contributed by atoms with Crippen LogP contribution in [0.15, 0.2) is 96.0 Å². The van der Waals surface area contributed by atoms with Crippen molar-refractivity contribution >= 4 is 74.3 Å². The topological polar surface area (TPSA) is 268 Å². The maximum atomic E-state index is 15.6. The summed E-state index contributed by atoms with van der Waals surface area (Å²) in [6.07, 6.45) is 2.96. The molecule has 4 heterocycles. The molecule has 338 valence electrons. The Morgan fingerprint density at radius 2 is 1.61 bits per heavy atom. The van der Waals surface area contributed by atoms with Gasteiger partial charge in [-0.2, -0.15) is 0 Å². The van der Waals surface area contributed by atoms with Crippen molar-refractivity contribution in [1.29, 1.82) is 0 Å². The summed E-state index contributed by atoms with van der Waals surface area (Å²) in [6.45, 7) is 0.502. The van der Waals surface area contributed by atoms with Crippen molar-refractivity contribution < 1.29 is 46.4 Å². The Morgan fingerprint density at radius 1 is 0.818 bits per heavy atom. The third kappa shape index (κ3) is 9.43. The van der Waals surface area contributed by atoms with Crippen molar-refractivity contribution in [1.82, 2.24) is 25.8 Å². The SMILES string of the molecule is Nc1ncc(-c2ccc(S(=O)(=O)Nc3cccc(NC(=O)CCCCNC(=O)CNc4cccc5c4C(=O)N(C4CCC(=O)NC4=O)C5=O)c3)cc2F)cc1-c1ccc2c(c1)CCNC2=O. The molecule has 0 aliphatic carbocycles. The first kappa shape index (κ1) is 44.6. The number of nitrogen functional groups attached to an aromatic ring is 1. The van der Waals surface area contributed by atoms with E-state index in [9.17, 15) is 42.0 Å². The summed E-state index contributed by atoms with van der Waals surface area (Å²) >= 11 is 0. The highest BCUT2D eigenvalue weighted by atomic mass is 32.2. The van der Waals surface area contributed by atoms with Gasteiger partial charge in [0.15, 0.2) is 0 Å². The number of nitrogens with two attached hydrogens (primary N) is 1. The molecule has 20 heteroatoms. The lowest BCUT2D eigenvalue weighted by molar-refractivity contribution is -0.136. The van der Waals surface area contributed by atoms with E-state index in [-0.39, 0.29) is 82.9 Å². The minimum atomic E-state index is -4.28. The number of amides is 7. The molecule has 0 bridgehead atoms. The van der Waals surface area contributed by atoms with Crippen LogP contribution in [0.3, 0.4) is 0 Å². The lowest BCUT2D eigenvalue weighted by Gasteiger charge is -2.27. The summed E-state index contributed by atoms with van der Waals surface area (Å²) in [5, 5.41) is 13.3. The van der Waals surface area contributed by atoms with Crippen molar-refractivity contribution in [2.24, 2.45) is 0 Å². The number of pyridine rings is 1. The van der Waals surface area contributed by atoms with Gasteiger partial charge in [-0.25, -0.2) is 17.8 Å². The monoisotopic (exact) mass is 915 g/mol. The number of hydrogen-bond acceptors (Lipinski definition) is 12. The number of imide groups is 2. The van der Waals surface area contributed by atoms with E-state index < -0.39 is 51.4 Å². The Balaban J connectivity index is 0.798. The van der Waals surface area contributed by atoms with Gasteiger partial charge in [-0.3, -0.25) is 48.5 Å². The fourth-order valence-corrected chi connectivity index (χ4v) is 9.04. The molecule has 1 atom stereocenters. The van der Waals surface area contributed by atoms with Crippen LogP contribution in [0, 0.1) is 5.82 Å². The van der Waals surface area contributed by atoms with Gasteiger partial charge in [0.1, 0.15) is 17.7 Å². The number of hydrogen-bond donors (Lipinski definition) is 7. The first-order chi connectivity index (χ1) is 31.7. The summed E-state index contributed by atoms with van der Waals surface area (Å²) in [5.41, 5.74) is 10.1. The van der Waals surface area contributed by atoms with Crippen molar-refractivity contribution in [3.63, 3.8) is 0 Å². The van der Waals surface area contributed by atoms with Crippen LogP contribution in [0.2, 0.25) is 0 Å². The number of nitrogens with one attached hydrogen (secondary N) is 6. The number of piperidine rings is 1. The van der Waals surface area contributed by atoms with E-state index >= 15 is 4.39 Å². The van der Waals surface area contributed by atoms with E-state index in [0.29, 0.717) is 53.7 Å². The number of carbonyl (C=O) groups is 7. The molecule has 0 spiro atoms. The molecule has 1 unspecified atom stereocenters. The third-order valence-corrected chi connectivity index (χ3v) is 12.7. The van der Waals surface area contributed by atoms with Crippen LogP contribution in [0.25, 0.3) is 22.3 Å². The molecule has 18 nitrogen and oxygen atoms in total. The number of benzene rings is 4. The Labute approximate surface area is 377 Å². The molecule has 4 aromatic carbocycles. The number of rotatable bonds is 15. The fourth-order valence-electron chi connectivity index (χ4n) is 7.98. The molecule has 1 saturated heterocycles. The molecule has 5 aromatic rings. The van der Waals surface area contributed by atoms with Gasteiger partial charge < -0.3 is 27.0 Å². The quantitative estimate of drug-likeness (QED) is 0.0581. The Morgan fingerprint density at radius 3 is 2.41 bits per heavy atom. The molecular weight excluding hydrogens is 874 g/mol. The van der Waals surface area contributed by atoms with E-state index in [1.54, 1.807) is 30.3 Å². The zero-order valence-corrected chi connectivity index (χ0v) is 35.9. The summed E-state index contributed by atoms with van der Waals surface area (Å²) in [5.74, 6) is -4.13. The van der Waals surface area contributed by atoms with Crippen molar-refractivity contribution in [3.05, 3.63) is 119 Å². The highest BCUT2D eigenvalue weighted by Crippen LogP contribution is 2.35. The Kier molecular flexibility index (Phi) is 12.6. The second-order valence-corrected chi connectivity index (χ2v) is 17.4. The van der Waals surface area contributed by atoms with Gasteiger partial charge >= 0.3 is 0 Å². The minimum Gasteiger partial charge on any atom is -0.383 e. The summed E-state index contributed by atoms with van der Waals surface area (Å²) in [7, 11) is -4.28. The van der Waals surface area contributed by atoms with Crippen LogP contribution in [0.4, 0.5) is 27.3 Å². The molecule has 3 aliphatic rings. The standard InChI is InChI=1S/C46H42FN9O9S/c47-35-22-30(11-13-31(35)27-20-34(42(48)52-23-27)25-10-12-32-26(19-25)16-18-50-43(32)60)66(64,65)55-29-6-3-5-28(21-29)53-38(57)9-1-2-17-49-40(59)24-51-36-8-4-7-33-41(36)46(63)56(45(33)62)37-14-15-39(58)54-44(37)61/h3-8,10-13,19-23,37,51,55H,1-2,9,14-18,24H2,(H2,48,52)(H,49,59)(H,50,60)(H,53,57)(H,54,58,61). The van der Waals surface area contributed by atoms with Gasteiger partial charge in [0.25, 0.3) is 27.7 Å². The van der Waals surface area contributed by atoms with Crippen LogP contribution in [0.5, 0.6) is 0 Å². The van der Waals surface area contributed by atoms with Crippen LogP contribution in [-0.2, 0) is 35.6 Å². The highest BCUT2D eigenvalue weighted by Gasteiger charge is 2.45. The van der Waals surface area contributed by atoms with E-state index in [1.165, 1.54) is 48.7 Å². The number of fused-ring (bicyclic) bond motifs is 2. The normalized spacial score (nSPS) is 15.6. The van der Waals surface area contributed by atoms with Gasteiger partial charge in [-0.1, -0.05) is 30.3 Å². The van der Waals surface area contributed by atoms with Crippen LogP contribution < -0.4 is 37.0 Å². The van der Waals surface area contributed by atoms with Crippen molar-refractivity contribution in [2.75, 3.05) is 40.7 Å². The first-order valence-electron chi connectivity index (χ1n) is 20.9. The molecule has 66 heavy (non-hydrogen) atoms. The van der Waals surface area contributed by atoms with E-state index in [2.05, 4.69) is 36.3 Å². The van der Waals surface area contributed by atoms with Crippen LogP contribution in [-0.4, -0.2) is 85.3 Å². The number of sulfonamides is 1. The smallest absolute Gasteiger partial charge is 0.264 e. The third-order valence-electron chi connectivity index (χ3n) is 11.3. The lowest BCUT2D eigenvalue weighted by Crippen LogP contribution is -2.54. The predicted molar refractivity (Wildman–Crippen MR) is 240 cm³/mol. The Hall–Kier alpha value is -8.00. The van der Waals surface area contributed by atoms with Crippen LogP contribution >= 0.6 is 0 Å². The first-order valence-corrected chi connectivity index (χ1v) is 22.4. The maximum Gasteiger partial charge on any atom is 0.264 e. The zero-order chi connectivity index (χ0) is 46.7. The predicted octanol–water partition coefficient (Wildman–Crippen LogP) is 3.96. The van der Waals surface area contributed by atoms with E-state index in [4.69, 9.17) is 5.73 Å². The number of nitrogens with zero attached hydrogens (tertiary/aromatic N) is 2. The maximum absolute atomic E-state index is 15.6. The summed E-state index contributed by atoms with van der Waals surface area (Å²) < 4.78 is 44.8. The van der Waals surface area contributed by atoms with Gasteiger partial charge in [0.05, 0.1) is 28.3 Å². The second kappa shape index (κ2) is 18.6. The number of aromatic nitrogens is 1. The second-order valence-electron chi connectivity index (χ2n) is 15.7. The average molecular weight is 916 g/mol. The number of carbonyl (C=O) groups excluding carboxylic acids is 7. The number of unbranched alkanes of at least 4 members (excludes halogenated alkanes) is 1. The lowest BCUT2D eigenvalue weighted by atomic mass is 9.94. The molecule has 0 saturated carbocycles. The number of anilines is 4.